The summed E-state index contributed by atoms with van der Waals surface area (Å²) >= 11 is 0. The minimum absolute atomic E-state index is 0.616. The zero-order valence-corrected chi connectivity index (χ0v) is 11.6. The molecule has 0 spiro atoms. The van der Waals surface area contributed by atoms with E-state index in [1.54, 1.807) is 7.11 Å². The Hall–Kier alpha value is -1.04. The molecule has 18 heavy (non-hydrogen) atoms. The van der Waals surface area contributed by atoms with E-state index in [1.165, 1.54) is 11.4 Å². The number of nitrogens with one attached hydrogen (secondary N) is 1. The Balaban J connectivity index is 1.96. The van der Waals surface area contributed by atoms with Crippen LogP contribution in [0.15, 0.2) is 12.1 Å². The molecule has 0 fully saturated rings. The SMILES string of the molecule is COCCOCCOCCNn1c(C)ccc1C. The molecule has 5 heteroatoms. The van der Waals surface area contributed by atoms with Crippen LogP contribution in [0.1, 0.15) is 11.4 Å². The summed E-state index contributed by atoms with van der Waals surface area (Å²) in [5.74, 6) is 0. The lowest BCUT2D eigenvalue weighted by Gasteiger charge is -2.12. The standard InChI is InChI=1S/C13H24N2O3/c1-12-4-5-13(2)15(12)14-6-7-17-10-11-18-9-8-16-3/h4-5,14H,6-11H2,1-3H3. The normalized spacial score (nSPS) is 10.8. The quantitative estimate of drug-likeness (QED) is 0.641. The van der Waals surface area contributed by atoms with Crippen molar-refractivity contribution in [2.24, 2.45) is 0 Å². The third-order valence-corrected chi connectivity index (χ3v) is 2.59. The van der Waals surface area contributed by atoms with Gasteiger partial charge in [0.25, 0.3) is 0 Å². The lowest BCUT2D eigenvalue weighted by Crippen LogP contribution is -2.22. The van der Waals surface area contributed by atoms with E-state index in [0.29, 0.717) is 33.0 Å². The third kappa shape index (κ3) is 5.53. The largest absolute Gasteiger partial charge is 0.382 e. The van der Waals surface area contributed by atoms with Gasteiger partial charge in [0.1, 0.15) is 0 Å². The summed E-state index contributed by atoms with van der Waals surface area (Å²) in [6.07, 6.45) is 0. The van der Waals surface area contributed by atoms with Gasteiger partial charge in [-0.3, -0.25) is 4.68 Å². The lowest BCUT2D eigenvalue weighted by molar-refractivity contribution is 0.0269. The maximum atomic E-state index is 5.45. The van der Waals surface area contributed by atoms with E-state index in [1.807, 2.05) is 0 Å². The Labute approximate surface area is 109 Å². The van der Waals surface area contributed by atoms with Crippen LogP contribution >= 0.6 is 0 Å². The molecular formula is C13H24N2O3. The molecule has 0 saturated carbocycles. The molecule has 0 unspecified atom stereocenters. The van der Waals surface area contributed by atoms with Crippen molar-refractivity contribution in [2.75, 3.05) is 52.1 Å². The van der Waals surface area contributed by atoms with Gasteiger partial charge in [0, 0.05) is 18.5 Å². The summed E-state index contributed by atoms with van der Waals surface area (Å²) in [6, 6.07) is 4.18. The Morgan fingerprint density at radius 3 is 2.11 bits per heavy atom. The summed E-state index contributed by atoms with van der Waals surface area (Å²) in [5.41, 5.74) is 5.71. The van der Waals surface area contributed by atoms with E-state index in [2.05, 4.69) is 36.1 Å². The molecule has 0 aliphatic carbocycles. The van der Waals surface area contributed by atoms with Crippen molar-refractivity contribution in [3.63, 3.8) is 0 Å². The molecule has 1 aromatic heterocycles. The summed E-state index contributed by atoms with van der Waals surface area (Å²) in [7, 11) is 1.66. The van der Waals surface area contributed by atoms with Crippen molar-refractivity contribution in [2.45, 2.75) is 13.8 Å². The van der Waals surface area contributed by atoms with E-state index < -0.39 is 0 Å². The first-order valence-electron chi connectivity index (χ1n) is 6.29. The lowest BCUT2D eigenvalue weighted by atomic mass is 10.5. The van der Waals surface area contributed by atoms with Gasteiger partial charge < -0.3 is 19.6 Å². The topological polar surface area (TPSA) is 44.6 Å². The number of aromatic nitrogens is 1. The predicted molar refractivity (Wildman–Crippen MR) is 71.6 cm³/mol. The molecular weight excluding hydrogens is 232 g/mol. The first-order valence-corrected chi connectivity index (χ1v) is 6.29. The van der Waals surface area contributed by atoms with Gasteiger partial charge in [0.05, 0.1) is 39.6 Å². The van der Waals surface area contributed by atoms with Gasteiger partial charge in [-0.1, -0.05) is 0 Å². The number of rotatable bonds is 10. The molecule has 104 valence electrons. The van der Waals surface area contributed by atoms with E-state index in [0.717, 1.165) is 6.54 Å². The van der Waals surface area contributed by atoms with Crippen LogP contribution in [0.25, 0.3) is 0 Å². The monoisotopic (exact) mass is 256 g/mol. The Kier molecular flexibility index (Phi) is 7.48. The first-order chi connectivity index (χ1) is 8.75. The summed E-state index contributed by atoms with van der Waals surface area (Å²) in [6.45, 7) is 8.10. The predicted octanol–water partition coefficient (Wildman–Crippen LogP) is 1.33. The Morgan fingerprint density at radius 1 is 0.944 bits per heavy atom. The molecule has 0 atom stereocenters. The van der Waals surface area contributed by atoms with Crippen LogP contribution in [0.3, 0.4) is 0 Å². The van der Waals surface area contributed by atoms with Crippen molar-refractivity contribution < 1.29 is 14.2 Å². The number of hydrogen-bond acceptors (Lipinski definition) is 4. The molecule has 0 aliphatic rings. The first kappa shape index (κ1) is 15.0. The average molecular weight is 256 g/mol. The molecule has 0 saturated heterocycles. The highest BCUT2D eigenvalue weighted by Gasteiger charge is 1.98. The number of nitrogens with zero attached hydrogens (tertiary/aromatic N) is 1. The molecule has 1 N–H and O–H groups in total. The number of methoxy groups -OCH3 is 1. The number of hydrogen-bond donors (Lipinski definition) is 1. The van der Waals surface area contributed by atoms with Crippen molar-refractivity contribution in [1.29, 1.82) is 0 Å². The van der Waals surface area contributed by atoms with Crippen LogP contribution in [0.4, 0.5) is 0 Å². The molecule has 0 amide bonds. The molecule has 0 aliphatic heterocycles. The van der Waals surface area contributed by atoms with E-state index in [4.69, 9.17) is 14.2 Å². The summed E-state index contributed by atoms with van der Waals surface area (Å²) < 4.78 is 17.7. The smallest absolute Gasteiger partial charge is 0.0701 e. The molecule has 1 aromatic rings. The van der Waals surface area contributed by atoms with Gasteiger partial charge >= 0.3 is 0 Å². The second-order valence-corrected chi connectivity index (χ2v) is 4.08. The second-order valence-electron chi connectivity index (χ2n) is 4.08. The average Bonchev–Trinajstić information content (AvgIpc) is 2.68. The van der Waals surface area contributed by atoms with Gasteiger partial charge in [0.15, 0.2) is 0 Å². The molecule has 0 aromatic carbocycles. The van der Waals surface area contributed by atoms with Crippen molar-refractivity contribution in [1.82, 2.24) is 4.68 Å². The molecule has 5 nitrogen and oxygen atoms in total. The van der Waals surface area contributed by atoms with Crippen LogP contribution in [0, 0.1) is 13.8 Å². The second kappa shape index (κ2) is 8.97. The van der Waals surface area contributed by atoms with E-state index in [9.17, 15) is 0 Å². The Morgan fingerprint density at radius 2 is 1.50 bits per heavy atom. The fourth-order valence-corrected chi connectivity index (χ4v) is 1.61. The van der Waals surface area contributed by atoms with E-state index >= 15 is 0 Å². The minimum atomic E-state index is 0.616. The zero-order valence-electron chi connectivity index (χ0n) is 11.6. The van der Waals surface area contributed by atoms with Crippen LogP contribution < -0.4 is 5.43 Å². The third-order valence-electron chi connectivity index (χ3n) is 2.59. The maximum Gasteiger partial charge on any atom is 0.0701 e. The Bertz CT molecular complexity index is 307. The highest BCUT2D eigenvalue weighted by Crippen LogP contribution is 2.03. The molecule has 0 radical (unpaired) electrons. The maximum absolute atomic E-state index is 5.45. The van der Waals surface area contributed by atoms with Gasteiger partial charge in [-0.15, -0.1) is 0 Å². The fraction of sp³-hybridized carbons (Fsp3) is 0.692. The van der Waals surface area contributed by atoms with Crippen LogP contribution in [-0.4, -0.2) is 51.4 Å². The van der Waals surface area contributed by atoms with Crippen molar-refractivity contribution >= 4 is 0 Å². The highest BCUT2D eigenvalue weighted by molar-refractivity contribution is 5.15. The van der Waals surface area contributed by atoms with E-state index in [-0.39, 0.29) is 0 Å². The summed E-state index contributed by atoms with van der Waals surface area (Å²) in [5, 5.41) is 0. The van der Waals surface area contributed by atoms with Crippen LogP contribution in [0.2, 0.25) is 0 Å². The molecule has 1 rings (SSSR count). The van der Waals surface area contributed by atoms with Crippen molar-refractivity contribution in [3.8, 4) is 0 Å². The van der Waals surface area contributed by atoms with Gasteiger partial charge in [-0.2, -0.15) is 0 Å². The number of ether oxygens (including phenoxy) is 3. The number of aryl methyl sites for hydroxylation is 2. The molecule has 0 bridgehead atoms. The molecule has 1 heterocycles. The zero-order chi connectivity index (χ0) is 13.2. The minimum Gasteiger partial charge on any atom is -0.382 e. The van der Waals surface area contributed by atoms with Crippen molar-refractivity contribution in [3.05, 3.63) is 23.5 Å². The fourth-order valence-electron chi connectivity index (χ4n) is 1.61. The van der Waals surface area contributed by atoms with Crippen LogP contribution in [-0.2, 0) is 14.2 Å². The van der Waals surface area contributed by atoms with Gasteiger partial charge in [-0.05, 0) is 26.0 Å². The van der Waals surface area contributed by atoms with Crippen LogP contribution in [0.5, 0.6) is 0 Å². The summed E-state index contributed by atoms with van der Waals surface area (Å²) in [4.78, 5) is 0. The highest BCUT2D eigenvalue weighted by atomic mass is 16.5. The van der Waals surface area contributed by atoms with Gasteiger partial charge in [-0.25, -0.2) is 0 Å². The van der Waals surface area contributed by atoms with Gasteiger partial charge in [0.2, 0.25) is 0 Å².